The van der Waals surface area contributed by atoms with Gasteiger partial charge < -0.3 is 5.32 Å². The zero-order valence-corrected chi connectivity index (χ0v) is 11.8. The quantitative estimate of drug-likeness (QED) is 0.792. The summed E-state index contributed by atoms with van der Waals surface area (Å²) in [4.78, 5) is 2.75. The molecular weight excluding hydrogens is 208 g/mol. The molecule has 2 nitrogen and oxygen atoms in total. The Morgan fingerprint density at radius 1 is 1.12 bits per heavy atom. The molecule has 0 amide bonds. The molecule has 1 heterocycles. The summed E-state index contributed by atoms with van der Waals surface area (Å²) >= 11 is 0. The van der Waals surface area contributed by atoms with E-state index >= 15 is 0 Å². The standard InChI is InChI=1S/C15H30N2/c1-3-14-10-7-11-17(14)12-15(16-2)13-8-5-4-6-9-13/h13-16H,3-12H2,1-2H3. The van der Waals surface area contributed by atoms with Gasteiger partial charge in [-0.05, 0) is 51.6 Å². The van der Waals surface area contributed by atoms with Gasteiger partial charge in [0.2, 0.25) is 0 Å². The van der Waals surface area contributed by atoms with Gasteiger partial charge in [0, 0.05) is 18.6 Å². The van der Waals surface area contributed by atoms with E-state index in [0.717, 1.165) is 18.0 Å². The monoisotopic (exact) mass is 238 g/mol. The molecule has 0 spiro atoms. The molecule has 1 N–H and O–H groups in total. The maximum absolute atomic E-state index is 3.60. The van der Waals surface area contributed by atoms with Gasteiger partial charge in [-0.25, -0.2) is 0 Å². The Balaban J connectivity index is 1.85. The second-order valence-electron chi connectivity index (χ2n) is 5.99. The first-order valence-corrected chi connectivity index (χ1v) is 7.76. The van der Waals surface area contributed by atoms with Crippen LogP contribution < -0.4 is 5.32 Å². The van der Waals surface area contributed by atoms with Gasteiger partial charge in [0.1, 0.15) is 0 Å². The van der Waals surface area contributed by atoms with E-state index in [1.54, 1.807) is 0 Å². The first kappa shape index (κ1) is 13.4. The molecule has 0 bridgehead atoms. The third-order valence-electron chi connectivity index (χ3n) is 4.99. The minimum Gasteiger partial charge on any atom is -0.315 e. The molecule has 2 unspecified atom stereocenters. The van der Waals surface area contributed by atoms with Crippen LogP contribution in [0.4, 0.5) is 0 Å². The predicted octanol–water partition coefficient (Wildman–Crippen LogP) is 3.03. The molecule has 2 fully saturated rings. The molecule has 0 aromatic carbocycles. The van der Waals surface area contributed by atoms with Gasteiger partial charge in [-0.2, -0.15) is 0 Å². The van der Waals surface area contributed by atoms with Gasteiger partial charge in [0.25, 0.3) is 0 Å². The molecule has 0 aromatic rings. The van der Waals surface area contributed by atoms with Crippen LogP contribution in [0.15, 0.2) is 0 Å². The van der Waals surface area contributed by atoms with Crippen molar-refractivity contribution in [2.75, 3.05) is 20.1 Å². The van der Waals surface area contributed by atoms with E-state index in [-0.39, 0.29) is 0 Å². The minimum atomic E-state index is 0.738. The summed E-state index contributed by atoms with van der Waals surface area (Å²) in [7, 11) is 2.16. The lowest BCUT2D eigenvalue weighted by molar-refractivity contribution is 0.176. The van der Waals surface area contributed by atoms with Crippen molar-refractivity contribution in [3.05, 3.63) is 0 Å². The van der Waals surface area contributed by atoms with Crippen molar-refractivity contribution in [3.63, 3.8) is 0 Å². The van der Waals surface area contributed by atoms with Gasteiger partial charge in [-0.1, -0.05) is 26.2 Å². The summed E-state index contributed by atoms with van der Waals surface area (Å²) in [5.41, 5.74) is 0. The molecule has 0 radical (unpaired) electrons. The van der Waals surface area contributed by atoms with Gasteiger partial charge in [0.05, 0.1) is 0 Å². The fraction of sp³-hybridized carbons (Fsp3) is 1.00. The lowest BCUT2D eigenvalue weighted by Crippen LogP contribution is -2.46. The van der Waals surface area contributed by atoms with Crippen LogP contribution >= 0.6 is 0 Å². The van der Waals surface area contributed by atoms with Gasteiger partial charge in [-0.3, -0.25) is 4.90 Å². The third-order valence-corrected chi connectivity index (χ3v) is 4.99. The lowest BCUT2D eigenvalue weighted by Gasteiger charge is -2.35. The summed E-state index contributed by atoms with van der Waals surface area (Å²) < 4.78 is 0. The molecule has 1 saturated carbocycles. The van der Waals surface area contributed by atoms with Crippen molar-refractivity contribution in [2.45, 2.75) is 70.4 Å². The summed E-state index contributed by atoms with van der Waals surface area (Å²) in [6.07, 6.45) is 11.5. The lowest BCUT2D eigenvalue weighted by atomic mass is 9.83. The molecule has 1 aliphatic carbocycles. The zero-order chi connectivity index (χ0) is 12.1. The summed E-state index contributed by atoms with van der Waals surface area (Å²) in [6.45, 7) is 4.97. The summed E-state index contributed by atoms with van der Waals surface area (Å²) in [6, 6.07) is 1.61. The number of hydrogen-bond acceptors (Lipinski definition) is 2. The van der Waals surface area contributed by atoms with E-state index < -0.39 is 0 Å². The highest BCUT2D eigenvalue weighted by Crippen LogP contribution is 2.28. The van der Waals surface area contributed by atoms with Crippen molar-refractivity contribution < 1.29 is 0 Å². The maximum Gasteiger partial charge on any atom is 0.0220 e. The van der Waals surface area contributed by atoms with Crippen molar-refractivity contribution in [3.8, 4) is 0 Å². The third kappa shape index (κ3) is 3.45. The van der Waals surface area contributed by atoms with E-state index in [1.807, 2.05) is 0 Å². The fourth-order valence-electron chi connectivity index (χ4n) is 3.86. The normalized spacial score (nSPS) is 29.6. The van der Waals surface area contributed by atoms with E-state index in [2.05, 4.69) is 24.2 Å². The van der Waals surface area contributed by atoms with Gasteiger partial charge in [0.15, 0.2) is 0 Å². The van der Waals surface area contributed by atoms with E-state index in [1.165, 1.54) is 64.5 Å². The molecule has 2 rings (SSSR count). The highest BCUT2D eigenvalue weighted by molar-refractivity contribution is 4.86. The topological polar surface area (TPSA) is 15.3 Å². The number of hydrogen-bond donors (Lipinski definition) is 1. The van der Waals surface area contributed by atoms with Crippen LogP contribution in [0.3, 0.4) is 0 Å². The van der Waals surface area contributed by atoms with Crippen LogP contribution in [-0.4, -0.2) is 37.1 Å². The second kappa shape index (κ2) is 6.75. The Bertz CT molecular complexity index is 211. The Morgan fingerprint density at radius 3 is 2.53 bits per heavy atom. The van der Waals surface area contributed by atoms with Crippen LogP contribution in [0.2, 0.25) is 0 Å². The van der Waals surface area contributed by atoms with Crippen LogP contribution in [0, 0.1) is 5.92 Å². The maximum atomic E-state index is 3.60. The van der Waals surface area contributed by atoms with Crippen LogP contribution in [0.1, 0.15) is 58.3 Å². The highest BCUT2D eigenvalue weighted by atomic mass is 15.2. The first-order chi connectivity index (χ1) is 8.35. The molecule has 2 heteroatoms. The second-order valence-corrected chi connectivity index (χ2v) is 5.99. The number of likely N-dealkylation sites (tertiary alicyclic amines) is 1. The van der Waals surface area contributed by atoms with E-state index in [4.69, 9.17) is 0 Å². The largest absolute Gasteiger partial charge is 0.315 e. The van der Waals surface area contributed by atoms with Gasteiger partial charge in [-0.15, -0.1) is 0 Å². The molecule has 1 aliphatic heterocycles. The van der Waals surface area contributed by atoms with Crippen molar-refractivity contribution in [1.82, 2.24) is 10.2 Å². The molecule has 17 heavy (non-hydrogen) atoms. The highest BCUT2D eigenvalue weighted by Gasteiger charge is 2.29. The van der Waals surface area contributed by atoms with Crippen molar-refractivity contribution in [1.29, 1.82) is 0 Å². The van der Waals surface area contributed by atoms with Crippen LogP contribution in [-0.2, 0) is 0 Å². The average molecular weight is 238 g/mol. The Morgan fingerprint density at radius 2 is 1.88 bits per heavy atom. The Kier molecular flexibility index (Phi) is 5.30. The number of likely N-dealkylation sites (N-methyl/N-ethyl adjacent to an activating group) is 1. The van der Waals surface area contributed by atoms with Crippen molar-refractivity contribution in [2.24, 2.45) is 5.92 Å². The van der Waals surface area contributed by atoms with E-state index in [0.29, 0.717) is 0 Å². The average Bonchev–Trinajstić information content (AvgIpc) is 2.84. The molecule has 2 aliphatic rings. The molecule has 0 aromatic heterocycles. The number of nitrogens with one attached hydrogen (secondary N) is 1. The number of rotatable bonds is 5. The first-order valence-electron chi connectivity index (χ1n) is 7.76. The van der Waals surface area contributed by atoms with Crippen molar-refractivity contribution >= 4 is 0 Å². The molecule has 1 saturated heterocycles. The minimum absolute atomic E-state index is 0.738. The van der Waals surface area contributed by atoms with Crippen LogP contribution in [0.25, 0.3) is 0 Å². The summed E-state index contributed by atoms with van der Waals surface area (Å²) in [5.74, 6) is 0.937. The zero-order valence-electron chi connectivity index (χ0n) is 11.8. The SMILES string of the molecule is CCC1CCCN1CC(NC)C1CCCCC1. The fourth-order valence-corrected chi connectivity index (χ4v) is 3.86. The smallest absolute Gasteiger partial charge is 0.0220 e. The van der Waals surface area contributed by atoms with Gasteiger partial charge >= 0.3 is 0 Å². The van der Waals surface area contributed by atoms with E-state index in [9.17, 15) is 0 Å². The molecular formula is C15H30N2. The Hall–Kier alpha value is -0.0800. The van der Waals surface area contributed by atoms with Crippen LogP contribution in [0.5, 0.6) is 0 Å². The Labute approximate surface area is 107 Å². The predicted molar refractivity (Wildman–Crippen MR) is 74.3 cm³/mol. The molecule has 100 valence electrons. The summed E-state index contributed by atoms with van der Waals surface area (Å²) in [5, 5.41) is 3.60. The number of nitrogens with zero attached hydrogens (tertiary/aromatic N) is 1. The molecule has 2 atom stereocenters.